The Kier molecular flexibility index (Phi) is 5.21. The lowest BCUT2D eigenvalue weighted by Crippen LogP contribution is -2.40. The molecule has 4 nitrogen and oxygen atoms in total. The highest BCUT2D eigenvalue weighted by Crippen LogP contribution is 2.18. The van der Waals surface area contributed by atoms with Crippen molar-refractivity contribution in [3.8, 4) is 0 Å². The van der Waals surface area contributed by atoms with E-state index in [0.29, 0.717) is 12.1 Å². The zero-order valence-electron chi connectivity index (χ0n) is 15.8. The molecule has 0 saturated heterocycles. The largest absolute Gasteiger partial charge is 0.370 e. The summed E-state index contributed by atoms with van der Waals surface area (Å²) in [6.45, 7) is 6.59. The lowest BCUT2D eigenvalue weighted by Gasteiger charge is -2.27. The molecular formula is C22H25N3O. The molecule has 0 aliphatic rings. The molecule has 1 atom stereocenters. The third-order valence-electron chi connectivity index (χ3n) is 4.79. The van der Waals surface area contributed by atoms with Crippen LogP contribution in [0.3, 0.4) is 0 Å². The molecule has 0 radical (unpaired) electrons. The maximum absolute atomic E-state index is 12.7. The molecule has 0 fully saturated rings. The number of fused-ring (bicyclic) bond motifs is 1. The monoisotopic (exact) mass is 347 g/mol. The van der Waals surface area contributed by atoms with Crippen LogP contribution in [-0.2, 0) is 0 Å². The zero-order valence-corrected chi connectivity index (χ0v) is 15.8. The minimum Gasteiger partial charge on any atom is -0.370 e. The molecule has 0 aliphatic heterocycles. The van der Waals surface area contributed by atoms with Crippen LogP contribution >= 0.6 is 0 Å². The van der Waals surface area contributed by atoms with Gasteiger partial charge in [-0.1, -0.05) is 30.3 Å². The van der Waals surface area contributed by atoms with E-state index in [1.165, 1.54) is 5.56 Å². The van der Waals surface area contributed by atoms with Gasteiger partial charge >= 0.3 is 0 Å². The fourth-order valence-corrected chi connectivity index (χ4v) is 2.99. The molecule has 0 aliphatic carbocycles. The molecule has 1 N–H and O–H groups in total. The van der Waals surface area contributed by atoms with Crippen molar-refractivity contribution in [1.29, 1.82) is 0 Å². The Bertz CT molecular complexity index is 921. The highest BCUT2D eigenvalue weighted by molar-refractivity contribution is 5.98. The number of carbonyl (C=O) groups excluding carboxylic acids is 1. The molecule has 3 aromatic rings. The van der Waals surface area contributed by atoms with Crippen molar-refractivity contribution in [2.45, 2.75) is 26.8 Å². The second-order valence-corrected chi connectivity index (χ2v) is 6.82. The number of likely N-dealkylation sites (N-methyl/N-ethyl adjacent to an activating group) is 1. The predicted molar refractivity (Wildman–Crippen MR) is 108 cm³/mol. The number of anilines is 1. The fraction of sp³-hybridized carbons (Fsp3) is 0.273. The molecule has 0 saturated carbocycles. The Morgan fingerprint density at radius 1 is 1.12 bits per heavy atom. The van der Waals surface area contributed by atoms with Gasteiger partial charge < -0.3 is 10.2 Å². The molecule has 2 aromatic carbocycles. The number of pyridine rings is 1. The van der Waals surface area contributed by atoms with Crippen molar-refractivity contribution in [2.75, 3.05) is 18.5 Å². The van der Waals surface area contributed by atoms with Crippen LogP contribution in [0, 0.1) is 13.8 Å². The van der Waals surface area contributed by atoms with Gasteiger partial charge in [0.2, 0.25) is 0 Å². The van der Waals surface area contributed by atoms with Crippen LogP contribution in [0.4, 0.5) is 5.69 Å². The van der Waals surface area contributed by atoms with E-state index in [-0.39, 0.29) is 11.9 Å². The van der Waals surface area contributed by atoms with Gasteiger partial charge in [-0.05, 0) is 50.6 Å². The summed E-state index contributed by atoms with van der Waals surface area (Å²) in [6, 6.07) is 18.4. The molecule has 3 rings (SSSR count). The number of benzene rings is 2. The lowest BCUT2D eigenvalue weighted by molar-refractivity contribution is 0.0951. The van der Waals surface area contributed by atoms with Crippen LogP contribution in [0.2, 0.25) is 0 Å². The van der Waals surface area contributed by atoms with Crippen molar-refractivity contribution in [3.05, 3.63) is 71.4 Å². The maximum atomic E-state index is 12.7. The van der Waals surface area contributed by atoms with Gasteiger partial charge in [-0.3, -0.25) is 9.78 Å². The van der Waals surface area contributed by atoms with Gasteiger partial charge in [0.15, 0.2) is 0 Å². The van der Waals surface area contributed by atoms with Crippen LogP contribution in [0.15, 0.2) is 54.6 Å². The van der Waals surface area contributed by atoms with Crippen molar-refractivity contribution in [3.63, 3.8) is 0 Å². The highest BCUT2D eigenvalue weighted by Gasteiger charge is 2.15. The second kappa shape index (κ2) is 7.56. The Morgan fingerprint density at radius 3 is 2.58 bits per heavy atom. The highest BCUT2D eigenvalue weighted by atomic mass is 16.1. The summed E-state index contributed by atoms with van der Waals surface area (Å²) in [7, 11) is 2.04. The zero-order chi connectivity index (χ0) is 18.7. The van der Waals surface area contributed by atoms with E-state index in [9.17, 15) is 4.79 Å². The van der Waals surface area contributed by atoms with Crippen LogP contribution in [-0.4, -0.2) is 30.5 Å². The molecule has 4 heteroatoms. The van der Waals surface area contributed by atoms with E-state index in [4.69, 9.17) is 0 Å². The predicted octanol–water partition coefficient (Wildman–Crippen LogP) is 4.11. The summed E-state index contributed by atoms with van der Waals surface area (Å²) in [5, 5.41) is 4.03. The number of rotatable bonds is 5. The number of para-hydroxylation sites is 1. The van der Waals surface area contributed by atoms with E-state index in [0.717, 1.165) is 22.3 Å². The first-order valence-corrected chi connectivity index (χ1v) is 8.90. The summed E-state index contributed by atoms with van der Waals surface area (Å²) in [5.74, 6) is -0.0780. The van der Waals surface area contributed by atoms with Crippen molar-refractivity contribution < 1.29 is 4.79 Å². The Hall–Kier alpha value is -2.88. The maximum Gasteiger partial charge on any atom is 0.253 e. The van der Waals surface area contributed by atoms with E-state index >= 15 is 0 Å². The molecule has 1 amide bonds. The van der Waals surface area contributed by atoms with Gasteiger partial charge in [-0.2, -0.15) is 0 Å². The minimum absolute atomic E-state index is 0.0780. The average Bonchev–Trinajstić information content (AvgIpc) is 2.65. The first kappa shape index (κ1) is 17.9. The van der Waals surface area contributed by atoms with Gasteiger partial charge in [-0.15, -0.1) is 0 Å². The number of aromatic nitrogens is 1. The number of aryl methyl sites for hydroxylation is 2. The third kappa shape index (κ3) is 3.85. The topological polar surface area (TPSA) is 45.2 Å². The number of nitrogens with zero attached hydrogens (tertiary/aromatic N) is 2. The molecule has 0 bridgehead atoms. The summed E-state index contributed by atoms with van der Waals surface area (Å²) < 4.78 is 0. The summed E-state index contributed by atoms with van der Waals surface area (Å²) >= 11 is 0. The molecule has 26 heavy (non-hydrogen) atoms. The standard InChI is InChI=1S/C22H25N3O/c1-15-10-11-18-13-20(17(3)24-21(18)12-15)22(26)23-14-16(2)25(4)19-8-6-5-7-9-19/h5-13,16H,14H2,1-4H3,(H,23,26)/t16-/m0/s1. The number of carbonyl (C=O) groups is 1. The van der Waals surface area contributed by atoms with Crippen molar-refractivity contribution in [2.24, 2.45) is 0 Å². The van der Waals surface area contributed by atoms with Gasteiger partial charge in [0.1, 0.15) is 0 Å². The van der Waals surface area contributed by atoms with Crippen molar-refractivity contribution in [1.82, 2.24) is 10.3 Å². The first-order chi connectivity index (χ1) is 12.5. The molecule has 1 heterocycles. The normalized spacial score (nSPS) is 12.0. The minimum atomic E-state index is -0.0780. The van der Waals surface area contributed by atoms with Gasteiger partial charge in [0.25, 0.3) is 5.91 Å². The smallest absolute Gasteiger partial charge is 0.253 e. The van der Waals surface area contributed by atoms with Gasteiger partial charge in [-0.25, -0.2) is 0 Å². The summed E-state index contributed by atoms with van der Waals surface area (Å²) in [4.78, 5) is 19.4. The van der Waals surface area contributed by atoms with Crippen LogP contribution in [0.5, 0.6) is 0 Å². The van der Waals surface area contributed by atoms with Crippen LogP contribution in [0.25, 0.3) is 10.9 Å². The Balaban J connectivity index is 1.71. The number of amides is 1. The van der Waals surface area contributed by atoms with Crippen LogP contribution in [0.1, 0.15) is 28.5 Å². The lowest BCUT2D eigenvalue weighted by atomic mass is 10.1. The van der Waals surface area contributed by atoms with E-state index in [2.05, 4.69) is 34.3 Å². The third-order valence-corrected chi connectivity index (χ3v) is 4.79. The van der Waals surface area contributed by atoms with Gasteiger partial charge in [0.05, 0.1) is 16.8 Å². The Morgan fingerprint density at radius 2 is 1.85 bits per heavy atom. The Labute approximate surface area is 154 Å². The van der Waals surface area contributed by atoms with Crippen molar-refractivity contribution >= 4 is 22.5 Å². The summed E-state index contributed by atoms with van der Waals surface area (Å²) in [5.41, 5.74) is 4.62. The average molecular weight is 347 g/mol. The first-order valence-electron chi connectivity index (χ1n) is 8.90. The van der Waals surface area contributed by atoms with Crippen LogP contribution < -0.4 is 10.2 Å². The quantitative estimate of drug-likeness (QED) is 0.755. The molecule has 0 unspecified atom stereocenters. The molecular weight excluding hydrogens is 322 g/mol. The fourth-order valence-electron chi connectivity index (χ4n) is 2.99. The molecule has 134 valence electrons. The molecule has 1 aromatic heterocycles. The van der Waals surface area contributed by atoms with Gasteiger partial charge in [0, 0.05) is 30.7 Å². The SMILES string of the molecule is Cc1ccc2cc(C(=O)NC[C@H](C)N(C)c3ccccc3)c(C)nc2c1. The van der Waals surface area contributed by atoms with E-state index in [1.54, 1.807) is 0 Å². The number of hydrogen-bond donors (Lipinski definition) is 1. The number of hydrogen-bond acceptors (Lipinski definition) is 3. The number of nitrogens with one attached hydrogen (secondary N) is 1. The van der Waals surface area contributed by atoms with E-state index in [1.807, 2.05) is 63.4 Å². The molecule has 0 spiro atoms. The van der Waals surface area contributed by atoms with E-state index < -0.39 is 0 Å². The summed E-state index contributed by atoms with van der Waals surface area (Å²) in [6.07, 6.45) is 0. The second-order valence-electron chi connectivity index (χ2n) is 6.82.